The van der Waals surface area contributed by atoms with Crippen molar-refractivity contribution in [1.29, 1.82) is 0 Å². The number of ether oxygens (including phenoxy) is 5. The number of hydrogen-bond acceptors (Lipinski definition) is 30. The van der Waals surface area contributed by atoms with E-state index < -0.39 is 226 Å². The third-order valence-corrected chi connectivity index (χ3v) is 21.1. The highest BCUT2D eigenvalue weighted by Crippen LogP contribution is 2.42. The number of piperidine rings is 1. The maximum Gasteiger partial charge on any atom is 0.514 e. The van der Waals surface area contributed by atoms with Crippen molar-refractivity contribution in [2.75, 3.05) is 90.9 Å². The number of carbonyl (C=O) groups is 9. The van der Waals surface area contributed by atoms with Crippen LogP contribution in [0.25, 0.3) is 26.8 Å². The number of nitrogens with one attached hydrogen (secondary N) is 5. The molecule has 0 spiro atoms. The van der Waals surface area contributed by atoms with Gasteiger partial charge >= 0.3 is 12.2 Å². The number of amides is 8. The average Bonchev–Trinajstić information content (AvgIpc) is 1.60. The second kappa shape index (κ2) is 41.2. The highest BCUT2D eigenvalue weighted by Gasteiger charge is 2.50. The molecule has 5 aromatic rings. The van der Waals surface area contributed by atoms with Crippen LogP contribution in [0.1, 0.15) is 81.1 Å². The van der Waals surface area contributed by atoms with Crippen LogP contribution in [0.15, 0.2) is 98.2 Å². The number of aromatic nitrogens is 3. The molecule has 40 heteroatoms. The Morgan fingerprint density at radius 2 is 1.41 bits per heavy atom. The number of carbonyl (C=O) groups excluding carboxylic acids is 9. The minimum Gasteiger partial charge on any atom is -0.445 e. The van der Waals surface area contributed by atoms with E-state index in [1.807, 2.05) is 12.1 Å². The lowest BCUT2D eigenvalue weighted by Crippen LogP contribution is -2.64. The lowest BCUT2D eigenvalue weighted by atomic mass is 9.98. The van der Waals surface area contributed by atoms with Crippen molar-refractivity contribution >= 4 is 86.7 Å². The second-order valence-corrected chi connectivity index (χ2v) is 30.2. The summed E-state index contributed by atoms with van der Waals surface area (Å²) in [5.74, 6) is -11.1. The van der Waals surface area contributed by atoms with Crippen LogP contribution in [0.4, 0.5) is 15.3 Å². The van der Waals surface area contributed by atoms with Crippen LogP contribution in [0.2, 0.25) is 0 Å². The minimum atomic E-state index is -4.93. The summed E-state index contributed by atoms with van der Waals surface area (Å²) < 4.78 is 62.7. The molecule has 0 radical (unpaired) electrons. The van der Waals surface area contributed by atoms with Gasteiger partial charge in [-0.1, -0.05) is 61.8 Å². The highest BCUT2D eigenvalue weighted by molar-refractivity contribution is 8.15. The van der Waals surface area contributed by atoms with E-state index in [1.54, 1.807) is 30.0 Å². The standard InChI is InChI=1S/C74H100N12O26S2/c1-6-27-109-73(102)83(48(39-87)40-88)26-23-55(92)61-71(101)85-36-41(3)63(94)62(85)68(99)75-35-49(90)33-52(76-64(95)45-14-12-44(13-15-45)53-38-86-72(77-53)113-69(81-86)46-16-18-47(19-17-46)82-24-21-51(22-25-82)108-30-10-8-9-29-107-5)65(96)78-59(42(4)89)70(100)84-37-50(91)34-54(84)66(97)79-60(67(98)80-61)56(93)31-43-11-20-57(111-74(103)110-28-7-2)58(32-43)112-114(104,105)106/h6-7,11-20,32,38,41-42,48-52,54-56,59-63,87-94,104-106H,1-2,8-10,21-31,33-37,39-40H2,3-5H3,(H,75,99)(H,76,95)(H,78,96)(H,79,97)(H,80,98)/t41-,42+,49+,50+,52-,54-,55+,56+,59-,60-,61-,62-,63-/m0/s1. The van der Waals surface area contributed by atoms with Gasteiger partial charge in [-0.3, -0.25) is 47.2 Å². The van der Waals surface area contributed by atoms with Gasteiger partial charge in [-0.05, 0) is 99.5 Å². The number of aliphatic hydroxyl groups excluding tert-OH is 8. The molecule has 16 N–H and O–H groups in total. The number of fused-ring (bicyclic) bond motifs is 3. The van der Waals surface area contributed by atoms with Crippen LogP contribution in [-0.4, -0.2) is 308 Å². The van der Waals surface area contributed by atoms with E-state index in [1.165, 1.54) is 42.5 Å². The molecule has 624 valence electrons. The molecule has 4 aliphatic rings. The number of nitrogens with zero attached hydrogens (tertiary/aromatic N) is 7. The third kappa shape index (κ3) is 23.4. The van der Waals surface area contributed by atoms with Gasteiger partial charge in [0.05, 0.1) is 73.9 Å². The normalized spacial score (nSPS) is 23.4. The van der Waals surface area contributed by atoms with Gasteiger partial charge in [-0.15, -0.1) is 0 Å². The number of hydrogen-bond donors (Lipinski definition) is 16. The van der Waals surface area contributed by atoms with Gasteiger partial charge in [-0.2, -0.15) is 5.10 Å². The molecule has 114 heavy (non-hydrogen) atoms. The number of unbranched alkanes of at least 4 members (excludes halogenated alkanes) is 2. The molecular formula is C74H100N12O26S2. The largest absolute Gasteiger partial charge is 0.514 e. The number of rotatable bonds is 30. The summed E-state index contributed by atoms with van der Waals surface area (Å²) in [4.78, 5) is 140. The second-order valence-electron chi connectivity index (χ2n) is 28.1. The van der Waals surface area contributed by atoms with Gasteiger partial charge in [0.1, 0.15) is 54.5 Å². The molecule has 2 aromatic heterocycles. The SMILES string of the molecule is C=CCOC(=O)Oc1ccc(C[C@@H](O)[C@@H]2NC(=O)[C@@H]3C[C@@H](O)CN3C(=O)[C@H]([C@@H](C)O)NC(=O)[C@@H](NC(=O)c3ccc(-c4cn5nc(-c6ccc(N7CCC(OCCCCCOC)CC7)cc6)sc5n4)cc3)C[C@@H](O)CNC(=O)[C@@H]3[C@@H](O)[C@@H](C)CN3C(=O)[C@H]([C@H](O)CCN(C(=O)OCC=C)C(CO)CO)NC2=O)cc1OS(O)(O)O. The van der Waals surface area contributed by atoms with E-state index in [4.69, 9.17) is 38.0 Å². The van der Waals surface area contributed by atoms with Crippen LogP contribution in [-0.2, 0) is 54.1 Å². The first-order valence-electron chi connectivity index (χ1n) is 37.1. The van der Waals surface area contributed by atoms with E-state index >= 15 is 9.59 Å². The first-order valence-corrected chi connectivity index (χ1v) is 39.3. The van der Waals surface area contributed by atoms with Gasteiger partial charge < -0.3 is 115 Å². The van der Waals surface area contributed by atoms with E-state index in [0.717, 1.165) is 114 Å². The molecule has 3 aromatic carbocycles. The number of aliphatic hydroxyl groups is 8. The van der Waals surface area contributed by atoms with Crippen molar-refractivity contribution in [2.24, 2.45) is 5.92 Å². The van der Waals surface area contributed by atoms with E-state index in [0.29, 0.717) is 16.2 Å². The minimum absolute atomic E-state index is 0.0319. The maximum absolute atomic E-state index is 15.4. The van der Waals surface area contributed by atoms with Crippen LogP contribution in [0.3, 0.4) is 0 Å². The van der Waals surface area contributed by atoms with Gasteiger partial charge in [-0.25, -0.2) is 19.1 Å². The summed E-state index contributed by atoms with van der Waals surface area (Å²) in [7, 11) is 1.70. The molecular weight excluding hydrogens is 1540 g/mol. The molecule has 9 rings (SSSR count). The zero-order chi connectivity index (χ0) is 82.7. The molecule has 6 heterocycles. The third-order valence-electron chi connectivity index (χ3n) is 19.8. The Bertz CT molecular complexity index is 4110. The Labute approximate surface area is 661 Å². The zero-order valence-electron chi connectivity index (χ0n) is 63.0. The van der Waals surface area contributed by atoms with Crippen molar-refractivity contribution in [3.8, 4) is 33.3 Å². The van der Waals surface area contributed by atoms with Crippen LogP contribution in [0, 0.1) is 5.92 Å². The topological polar surface area (TPSA) is 535 Å². The van der Waals surface area contributed by atoms with Crippen LogP contribution >= 0.6 is 22.5 Å². The molecule has 0 bridgehead atoms. The predicted molar refractivity (Wildman–Crippen MR) is 409 cm³/mol. The van der Waals surface area contributed by atoms with Gasteiger partial charge in [0.15, 0.2) is 11.5 Å². The Morgan fingerprint density at radius 3 is 2.07 bits per heavy atom. The van der Waals surface area contributed by atoms with E-state index in [9.17, 15) is 88.1 Å². The van der Waals surface area contributed by atoms with Crippen molar-refractivity contribution in [1.82, 2.24) is 55.9 Å². The van der Waals surface area contributed by atoms with Gasteiger partial charge in [0, 0.05) is 107 Å². The number of benzene rings is 3. The summed E-state index contributed by atoms with van der Waals surface area (Å²) in [5.41, 5.74) is 2.84. The van der Waals surface area contributed by atoms with Crippen LogP contribution in [0.5, 0.6) is 11.5 Å². The monoisotopic (exact) mass is 1640 g/mol. The molecule has 0 unspecified atom stereocenters. The summed E-state index contributed by atoms with van der Waals surface area (Å²) >= 11 is -3.56. The fraction of sp³-hybridized carbons (Fsp3) is 0.527. The number of β-amino-alcohol motifs (C(OH)–C–C–N with tert-alkyl or cyclic N) is 1. The fourth-order valence-corrected chi connectivity index (χ4v) is 14.9. The van der Waals surface area contributed by atoms with Crippen molar-refractivity contribution < 1.29 is 126 Å². The molecule has 38 nitrogen and oxygen atoms in total. The van der Waals surface area contributed by atoms with Gasteiger partial charge in [0.2, 0.25) is 40.4 Å². The highest BCUT2D eigenvalue weighted by atomic mass is 32.3. The predicted octanol–water partition coefficient (Wildman–Crippen LogP) is 0.462. The van der Waals surface area contributed by atoms with Gasteiger partial charge in [0.25, 0.3) is 17.1 Å². The molecule has 13 atom stereocenters. The molecule has 0 saturated carbocycles. The fourth-order valence-electron chi connectivity index (χ4n) is 13.7. The summed E-state index contributed by atoms with van der Waals surface area (Å²) in [6.45, 7) is 7.58. The number of anilines is 1. The number of imidazole rings is 1. The molecule has 8 amide bonds. The summed E-state index contributed by atoms with van der Waals surface area (Å²) in [5, 5.41) is 108. The Morgan fingerprint density at radius 1 is 0.754 bits per heavy atom. The van der Waals surface area contributed by atoms with E-state index in [-0.39, 0.29) is 30.4 Å². The summed E-state index contributed by atoms with van der Waals surface area (Å²) in [6, 6.07) is 3.41. The molecule has 4 saturated heterocycles. The van der Waals surface area contributed by atoms with Crippen molar-refractivity contribution in [2.45, 2.75) is 157 Å². The number of methoxy groups -OCH3 is 1. The van der Waals surface area contributed by atoms with Crippen LogP contribution < -0.4 is 40.4 Å². The quantitative estimate of drug-likeness (QED) is 0.0129. The van der Waals surface area contributed by atoms with Crippen molar-refractivity contribution in [3.63, 3.8) is 0 Å². The maximum atomic E-state index is 15.4. The first-order chi connectivity index (χ1) is 54.4. The first kappa shape index (κ1) is 88.4. The molecule has 4 aliphatic heterocycles. The molecule has 4 fully saturated rings. The van der Waals surface area contributed by atoms with Crippen molar-refractivity contribution in [3.05, 3.63) is 109 Å². The van der Waals surface area contributed by atoms with E-state index in [2.05, 4.69) is 56.8 Å². The Kier molecular flexibility index (Phi) is 31.9. The lowest BCUT2D eigenvalue weighted by Gasteiger charge is -2.35. The molecule has 0 aliphatic carbocycles. The Hall–Kier alpha value is -9.50. The summed E-state index contributed by atoms with van der Waals surface area (Å²) in [6.07, 6.45) is -7.60. The zero-order valence-corrected chi connectivity index (χ0v) is 64.6. The average molecular weight is 1640 g/mol. The smallest absolute Gasteiger partial charge is 0.445 e. The lowest BCUT2D eigenvalue weighted by molar-refractivity contribution is -0.147. The Balaban J connectivity index is 0.989.